The van der Waals surface area contributed by atoms with Gasteiger partial charge in [-0.15, -0.1) is 0 Å². The van der Waals surface area contributed by atoms with E-state index in [4.69, 9.17) is 4.52 Å². The zero-order valence-corrected chi connectivity index (χ0v) is 10.8. The van der Waals surface area contributed by atoms with Gasteiger partial charge in [0.2, 0.25) is 5.89 Å². The molecule has 2 saturated carbocycles. The highest BCUT2D eigenvalue weighted by atomic mass is 16.5. The monoisotopic (exact) mass is 247 g/mol. The van der Waals surface area contributed by atoms with Crippen LogP contribution in [0.2, 0.25) is 0 Å². The van der Waals surface area contributed by atoms with Gasteiger partial charge in [0, 0.05) is 18.4 Å². The molecule has 2 aliphatic carbocycles. The van der Waals surface area contributed by atoms with Gasteiger partial charge in [-0.1, -0.05) is 11.6 Å². The van der Waals surface area contributed by atoms with Crippen LogP contribution in [0.1, 0.15) is 56.2 Å². The Morgan fingerprint density at radius 1 is 1.22 bits per heavy atom. The van der Waals surface area contributed by atoms with Gasteiger partial charge in [-0.2, -0.15) is 4.98 Å². The maximum Gasteiger partial charge on any atom is 0.228 e. The van der Waals surface area contributed by atoms with Crippen LogP contribution in [0, 0.1) is 11.8 Å². The minimum absolute atomic E-state index is 0.554. The standard InChI is InChI=1S/C14H21N3O/c1-2-11(15-5-1)8-13-16-14(17-18-13)12-7-9-3-4-10(12)6-9/h9-12,15H,1-8H2. The number of fused-ring (bicyclic) bond motifs is 2. The predicted octanol–water partition coefficient (Wildman–Crippen LogP) is 2.27. The van der Waals surface area contributed by atoms with Gasteiger partial charge in [0.25, 0.3) is 0 Å². The average molecular weight is 247 g/mol. The van der Waals surface area contributed by atoms with Crippen LogP contribution in [-0.4, -0.2) is 22.7 Å². The minimum Gasteiger partial charge on any atom is -0.339 e. The number of nitrogens with zero attached hydrogens (tertiary/aromatic N) is 2. The van der Waals surface area contributed by atoms with Crippen molar-refractivity contribution in [1.29, 1.82) is 0 Å². The Morgan fingerprint density at radius 2 is 2.22 bits per heavy atom. The van der Waals surface area contributed by atoms with Crippen LogP contribution in [0.25, 0.3) is 0 Å². The van der Waals surface area contributed by atoms with Crippen LogP contribution in [0.3, 0.4) is 0 Å². The van der Waals surface area contributed by atoms with E-state index in [0.29, 0.717) is 12.0 Å². The third-order valence-electron chi connectivity index (χ3n) is 5.14. The molecule has 1 saturated heterocycles. The summed E-state index contributed by atoms with van der Waals surface area (Å²) < 4.78 is 5.45. The molecular weight excluding hydrogens is 226 g/mol. The van der Waals surface area contributed by atoms with Crippen molar-refractivity contribution in [3.8, 4) is 0 Å². The normalized spacial score (nSPS) is 38.7. The molecule has 0 radical (unpaired) electrons. The van der Waals surface area contributed by atoms with E-state index in [1.54, 1.807) is 0 Å². The first-order valence-corrected chi connectivity index (χ1v) is 7.44. The largest absolute Gasteiger partial charge is 0.339 e. The van der Waals surface area contributed by atoms with E-state index in [-0.39, 0.29) is 0 Å². The molecule has 2 bridgehead atoms. The van der Waals surface area contributed by atoms with Crippen molar-refractivity contribution >= 4 is 0 Å². The van der Waals surface area contributed by atoms with Crippen LogP contribution < -0.4 is 5.32 Å². The second-order valence-electron chi connectivity index (χ2n) is 6.33. The highest BCUT2D eigenvalue weighted by Crippen LogP contribution is 2.52. The van der Waals surface area contributed by atoms with Gasteiger partial charge in [0.15, 0.2) is 5.82 Å². The fourth-order valence-electron chi connectivity index (χ4n) is 4.20. The van der Waals surface area contributed by atoms with E-state index in [1.807, 2.05) is 0 Å². The maximum atomic E-state index is 5.45. The van der Waals surface area contributed by atoms with Crippen molar-refractivity contribution in [2.24, 2.45) is 11.8 Å². The molecular formula is C14H21N3O. The molecule has 1 aromatic rings. The topological polar surface area (TPSA) is 51.0 Å². The van der Waals surface area contributed by atoms with Crippen molar-refractivity contribution in [3.63, 3.8) is 0 Å². The highest BCUT2D eigenvalue weighted by Gasteiger charge is 2.42. The maximum absolute atomic E-state index is 5.45. The molecule has 2 heterocycles. The lowest BCUT2D eigenvalue weighted by molar-refractivity contribution is 0.344. The van der Waals surface area contributed by atoms with E-state index >= 15 is 0 Å². The molecule has 4 unspecified atom stereocenters. The van der Waals surface area contributed by atoms with Crippen LogP contribution in [0.4, 0.5) is 0 Å². The molecule has 3 aliphatic rings. The number of aromatic nitrogens is 2. The molecule has 4 nitrogen and oxygen atoms in total. The molecule has 1 aliphatic heterocycles. The minimum atomic E-state index is 0.554. The van der Waals surface area contributed by atoms with Crippen molar-refractivity contribution in [3.05, 3.63) is 11.7 Å². The quantitative estimate of drug-likeness (QED) is 0.890. The Balaban J connectivity index is 1.45. The van der Waals surface area contributed by atoms with Crippen molar-refractivity contribution in [1.82, 2.24) is 15.5 Å². The number of nitrogens with one attached hydrogen (secondary N) is 1. The summed E-state index contributed by atoms with van der Waals surface area (Å²) in [6, 6.07) is 0.554. The predicted molar refractivity (Wildman–Crippen MR) is 67.2 cm³/mol. The number of rotatable bonds is 3. The molecule has 3 fully saturated rings. The first-order chi connectivity index (χ1) is 8.88. The van der Waals surface area contributed by atoms with Crippen molar-refractivity contribution < 1.29 is 4.52 Å². The SMILES string of the molecule is C1CNC(Cc2nc(C3CC4CCC3C4)no2)C1. The van der Waals surface area contributed by atoms with Gasteiger partial charge in [0.1, 0.15) is 0 Å². The fourth-order valence-corrected chi connectivity index (χ4v) is 4.20. The number of hydrogen-bond donors (Lipinski definition) is 1. The summed E-state index contributed by atoms with van der Waals surface area (Å²) in [5.41, 5.74) is 0. The third-order valence-corrected chi connectivity index (χ3v) is 5.14. The molecule has 18 heavy (non-hydrogen) atoms. The molecule has 1 N–H and O–H groups in total. The zero-order valence-electron chi connectivity index (χ0n) is 10.8. The molecule has 0 aromatic carbocycles. The van der Waals surface area contributed by atoms with Crippen molar-refractivity contribution in [2.75, 3.05) is 6.54 Å². The highest BCUT2D eigenvalue weighted by molar-refractivity contribution is 5.06. The summed E-state index contributed by atoms with van der Waals surface area (Å²) in [4.78, 5) is 4.66. The van der Waals surface area contributed by atoms with Crippen LogP contribution in [-0.2, 0) is 6.42 Å². The van der Waals surface area contributed by atoms with Gasteiger partial charge in [-0.25, -0.2) is 0 Å². The summed E-state index contributed by atoms with van der Waals surface area (Å²) in [6.45, 7) is 1.14. The van der Waals surface area contributed by atoms with Gasteiger partial charge < -0.3 is 9.84 Å². The van der Waals surface area contributed by atoms with E-state index in [2.05, 4.69) is 15.5 Å². The summed E-state index contributed by atoms with van der Waals surface area (Å²) in [7, 11) is 0. The molecule has 1 aromatic heterocycles. The van der Waals surface area contributed by atoms with E-state index in [1.165, 1.54) is 38.5 Å². The first kappa shape index (κ1) is 11.0. The second kappa shape index (κ2) is 4.34. The lowest BCUT2D eigenvalue weighted by Crippen LogP contribution is -2.23. The van der Waals surface area contributed by atoms with Gasteiger partial charge >= 0.3 is 0 Å². The lowest BCUT2D eigenvalue weighted by Gasteiger charge is -2.17. The molecule has 4 atom stereocenters. The zero-order chi connectivity index (χ0) is 11.9. The Labute approximate surface area is 108 Å². The fraction of sp³-hybridized carbons (Fsp3) is 0.857. The van der Waals surface area contributed by atoms with Gasteiger partial charge in [-0.3, -0.25) is 0 Å². The van der Waals surface area contributed by atoms with Crippen LogP contribution >= 0.6 is 0 Å². The van der Waals surface area contributed by atoms with E-state index in [0.717, 1.165) is 36.5 Å². The lowest BCUT2D eigenvalue weighted by atomic mass is 9.88. The van der Waals surface area contributed by atoms with Gasteiger partial charge in [0.05, 0.1) is 0 Å². The third kappa shape index (κ3) is 1.87. The Kier molecular flexibility index (Phi) is 2.64. The molecule has 4 heteroatoms. The van der Waals surface area contributed by atoms with E-state index in [9.17, 15) is 0 Å². The summed E-state index contributed by atoms with van der Waals surface area (Å²) in [6.07, 6.45) is 8.93. The smallest absolute Gasteiger partial charge is 0.228 e. The summed E-state index contributed by atoms with van der Waals surface area (Å²) in [5, 5.41) is 7.73. The molecule has 0 amide bonds. The van der Waals surface area contributed by atoms with Gasteiger partial charge in [-0.05, 0) is 50.5 Å². The van der Waals surface area contributed by atoms with Crippen molar-refractivity contribution in [2.45, 2.75) is 56.9 Å². The second-order valence-corrected chi connectivity index (χ2v) is 6.33. The molecule has 4 rings (SSSR count). The molecule has 0 spiro atoms. The number of hydrogen-bond acceptors (Lipinski definition) is 4. The summed E-state index contributed by atoms with van der Waals surface area (Å²) >= 11 is 0. The average Bonchev–Trinajstić information content (AvgIpc) is 3.14. The van der Waals surface area contributed by atoms with Crippen LogP contribution in [0.5, 0.6) is 0 Å². The Bertz CT molecular complexity index is 424. The molecule has 98 valence electrons. The Hall–Kier alpha value is -0.900. The summed E-state index contributed by atoms with van der Waals surface area (Å²) in [5.74, 6) is 4.21. The van der Waals surface area contributed by atoms with Crippen LogP contribution in [0.15, 0.2) is 4.52 Å². The van der Waals surface area contributed by atoms with E-state index < -0.39 is 0 Å². The first-order valence-electron chi connectivity index (χ1n) is 7.44. The Morgan fingerprint density at radius 3 is 2.94 bits per heavy atom.